The monoisotopic (exact) mass is 536 g/mol. The number of phenolic OH excluding ortho intramolecular Hbond substituents is 1. The lowest BCUT2D eigenvalue weighted by Gasteiger charge is -2.09. The lowest BCUT2D eigenvalue weighted by atomic mass is 10.0. The summed E-state index contributed by atoms with van der Waals surface area (Å²) < 4.78 is 7.33. The summed E-state index contributed by atoms with van der Waals surface area (Å²) in [6.45, 7) is 0. The molecule has 4 aromatic carbocycles. The SMILES string of the molecule is O=C(Nc1ccc2oc(-c3ccc(O)c(Br)c3)nc2c1)c1cccc2c(Br)cccc12. The molecular formula is C24H14Br2N2O3. The van der Waals surface area contributed by atoms with Gasteiger partial charge < -0.3 is 14.8 Å². The number of hydrogen-bond donors (Lipinski definition) is 2. The Morgan fingerprint density at radius 2 is 1.71 bits per heavy atom. The largest absolute Gasteiger partial charge is 0.507 e. The van der Waals surface area contributed by atoms with Gasteiger partial charge in [-0.3, -0.25) is 4.79 Å². The zero-order chi connectivity index (χ0) is 21.5. The second-order valence-electron chi connectivity index (χ2n) is 6.96. The minimum Gasteiger partial charge on any atom is -0.507 e. The Kier molecular flexibility index (Phi) is 5.00. The Hall–Kier alpha value is -3.16. The molecule has 5 nitrogen and oxygen atoms in total. The molecule has 5 aromatic rings. The number of oxazole rings is 1. The molecule has 1 amide bonds. The highest BCUT2D eigenvalue weighted by Crippen LogP contribution is 2.32. The maximum Gasteiger partial charge on any atom is 0.256 e. The van der Waals surface area contributed by atoms with Gasteiger partial charge in [0.1, 0.15) is 11.3 Å². The zero-order valence-corrected chi connectivity index (χ0v) is 19.1. The summed E-state index contributed by atoms with van der Waals surface area (Å²) in [7, 11) is 0. The van der Waals surface area contributed by atoms with Crippen molar-refractivity contribution in [3.05, 3.63) is 87.3 Å². The van der Waals surface area contributed by atoms with Crippen molar-refractivity contribution in [1.82, 2.24) is 4.98 Å². The quantitative estimate of drug-likeness (QED) is 0.256. The summed E-state index contributed by atoms with van der Waals surface area (Å²) in [5.74, 6) is 0.373. The van der Waals surface area contributed by atoms with Crippen molar-refractivity contribution in [2.45, 2.75) is 0 Å². The van der Waals surface area contributed by atoms with E-state index >= 15 is 0 Å². The van der Waals surface area contributed by atoms with Crippen LogP contribution < -0.4 is 5.32 Å². The first kappa shape index (κ1) is 19.8. The maximum atomic E-state index is 13.0. The van der Waals surface area contributed by atoms with E-state index in [0.717, 1.165) is 20.8 Å². The normalized spacial score (nSPS) is 11.2. The topological polar surface area (TPSA) is 75.4 Å². The smallest absolute Gasteiger partial charge is 0.256 e. The first-order chi connectivity index (χ1) is 15.0. The van der Waals surface area contributed by atoms with Crippen molar-refractivity contribution in [3.8, 4) is 17.2 Å². The summed E-state index contributed by atoms with van der Waals surface area (Å²) in [6, 6.07) is 21.8. The molecular weight excluding hydrogens is 524 g/mol. The highest BCUT2D eigenvalue weighted by Gasteiger charge is 2.14. The van der Waals surface area contributed by atoms with Gasteiger partial charge in [-0.15, -0.1) is 0 Å². The van der Waals surface area contributed by atoms with E-state index in [1.165, 1.54) is 0 Å². The summed E-state index contributed by atoms with van der Waals surface area (Å²) in [4.78, 5) is 17.5. The number of amides is 1. The van der Waals surface area contributed by atoms with Crippen LogP contribution in [0.3, 0.4) is 0 Å². The molecule has 152 valence electrons. The molecule has 1 aromatic heterocycles. The van der Waals surface area contributed by atoms with Crippen LogP contribution in [0.5, 0.6) is 5.75 Å². The van der Waals surface area contributed by atoms with Gasteiger partial charge in [0.25, 0.3) is 5.91 Å². The van der Waals surface area contributed by atoms with E-state index in [0.29, 0.717) is 32.7 Å². The number of carbonyl (C=O) groups excluding carboxylic acids is 1. The van der Waals surface area contributed by atoms with E-state index in [4.69, 9.17) is 4.42 Å². The fourth-order valence-electron chi connectivity index (χ4n) is 3.44. The fraction of sp³-hybridized carbons (Fsp3) is 0. The van der Waals surface area contributed by atoms with Crippen molar-refractivity contribution in [1.29, 1.82) is 0 Å². The molecule has 2 N–H and O–H groups in total. The number of aromatic nitrogens is 1. The Bertz CT molecular complexity index is 1480. The molecule has 1 heterocycles. The van der Waals surface area contributed by atoms with E-state index in [2.05, 4.69) is 42.2 Å². The van der Waals surface area contributed by atoms with E-state index < -0.39 is 0 Å². The molecule has 0 saturated carbocycles. The molecule has 0 fully saturated rings. The number of hydrogen-bond acceptors (Lipinski definition) is 4. The third-order valence-corrected chi connectivity index (χ3v) is 6.28. The van der Waals surface area contributed by atoms with Crippen LogP contribution in [0.15, 0.2) is 86.2 Å². The van der Waals surface area contributed by atoms with Crippen LogP contribution >= 0.6 is 31.9 Å². The summed E-state index contributed by atoms with van der Waals surface area (Å²) >= 11 is 6.84. The second-order valence-corrected chi connectivity index (χ2v) is 8.67. The van der Waals surface area contributed by atoms with Crippen molar-refractivity contribution >= 4 is 65.3 Å². The minimum atomic E-state index is -0.200. The van der Waals surface area contributed by atoms with Gasteiger partial charge in [0, 0.05) is 21.3 Å². The average Bonchev–Trinajstić information content (AvgIpc) is 3.19. The van der Waals surface area contributed by atoms with E-state index in [1.54, 1.807) is 42.5 Å². The van der Waals surface area contributed by atoms with Crippen LogP contribution in [0.25, 0.3) is 33.3 Å². The second kappa shape index (κ2) is 7.83. The van der Waals surface area contributed by atoms with Crippen LogP contribution in [0.4, 0.5) is 5.69 Å². The molecule has 0 aliphatic carbocycles. The molecule has 0 saturated heterocycles. The molecule has 5 rings (SSSR count). The highest BCUT2D eigenvalue weighted by atomic mass is 79.9. The Morgan fingerprint density at radius 1 is 0.903 bits per heavy atom. The number of nitrogens with one attached hydrogen (secondary N) is 1. The Labute approximate surface area is 194 Å². The van der Waals surface area contributed by atoms with Crippen LogP contribution in [0.2, 0.25) is 0 Å². The molecule has 0 atom stereocenters. The van der Waals surface area contributed by atoms with Crippen LogP contribution in [-0.2, 0) is 0 Å². The number of carbonyl (C=O) groups is 1. The lowest BCUT2D eigenvalue weighted by molar-refractivity contribution is 0.102. The summed E-state index contributed by atoms with van der Waals surface area (Å²) in [5, 5.41) is 14.5. The van der Waals surface area contributed by atoms with E-state index in [-0.39, 0.29) is 11.7 Å². The number of fused-ring (bicyclic) bond motifs is 2. The van der Waals surface area contributed by atoms with Crippen LogP contribution in [0, 0.1) is 0 Å². The van der Waals surface area contributed by atoms with Gasteiger partial charge >= 0.3 is 0 Å². The molecule has 31 heavy (non-hydrogen) atoms. The van der Waals surface area contributed by atoms with Crippen molar-refractivity contribution in [2.24, 2.45) is 0 Å². The van der Waals surface area contributed by atoms with Gasteiger partial charge in [-0.1, -0.05) is 40.2 Å². The van der Waals surface area contributed by atoms with E-state index in [1.807, 2.05) is 30.3 Å². The van der Waals surface area contributed by atoms with Gasteiger partial charge in [-0.05, 0) is 75.2 Å². The third kappa shape index (κ3) is 3.71. The third-order valence-electron chi connectivity index (χ3n) is 4.95. The minimum absolute atomic E-state index is 0.144. The molecule has 0 bridgehead atoms. The van der Waals surface area contributed by atoms with Crippen molar-refractivity contribution in [2.75, 3.05) is 5.32 Å². The number of rotatable bonds is 3. The number of benzene rings is 4. The predicted octanol–water partition coefficient (Wildman–Crippen LogP) is 7.13. The molecule has 0 unspecified atom stereocenters. The first-order valence-corrected chi connectivity index (χ1v) is 11.0. The molecule has 7 heteroatoms. The molecule has 0 aliphatic heterocycles. The van der Waals surface area contributed by atoms with Crippen LogP contribution in [-0.4, -0.2) is 16.0 Å². The highest BCUT2D eigenvalue weighted by molar-refractivity contribution is 9.11. The lowest BCUT2D eigenvalue weighted by Crippen LogP contribution is -2.12. The predicted molar refractivity (Wildman–Crippen MR) is 128 cm³/mol. The molecule has 0 aliphatic rings. The summed E-state index contributed by atoms with van der Waals surface area (Å²) in [5.41, 5.74) is 3.17. The first-order valence-electron chi connectivity index (χ1n) is 9.38. The van der Waals surface area contributed by atoms with Gasteiger partial charge in [0.2, 0.25) is 5.89 Å². The number of nitrogens with zero attached hydrogens (tertiary/aromatic N) is 1. The number of anilines is 1. The number of phenols is 1. The van der Waals surface area contributed by atoms with Gasteiger partial charge in [0.15, 0.2) is 5.58 Å². The van der Waals surface area contributed by atoms with Crippen molar-refractivity contribution < 1.29 is 14.3 Å². The fourth-order valence-corrected chi connectivity index (χ4v) is 4.31. The van der Waals surface area contributed by atoms with E-state index in [9.17, 15) is 9.90 Å². The van der Waals surface area contributed by atoms with Crippen molar-refractivity contribution in [3.63, 3.8) is 0 Å². The Balaban J connectivity index is 1.47. The molecule has 0 radical (unpaired) electrons. The van der Waals surface area contributed by atoms with Gasteiger partial charge in [-0.2, -0.15) is 0 Å². The number of halogens is 2. The zero-order valence-electron chi connectivity index (χ0n) is 15.9. The Morgan fingerprint density at radius 3 is 2.55 bits per heavy atom. The van der Waals surface area contributed by atoms with Gasteiger partial charge in [0.05, 0.1) is 4.47 Å². The molecule has 0 spiro atoms. The number of aromatic hydroxyl groups is 1. The van der Waals surface area contributed by atoms with Crippen LogP contribution in [0.1, 0.15) is 10.4 Å². The average molecular weight is 538 g/mol. The summed E-state index contributed by atoms with van der Waals surface area (Å²) in [6.07, 6.45) is 0. The van der Waals surface area contributed by atoms with Gasteiger partial charge in [-0.25, -0.2) is 4.98 Å². The maximum absolute atomic E-state index is 13.0. The standard InChI is InChI=1S/C24H14Br2N2O3/c25-18-6-2-3-15-16(18)4-1-5-17(15)23(30)27-14-8-10-22-20(12-14)28-24(31-22)13-7-9-21(29)19(26)11-13/h1-12,29H,(H,27,30).